The molecule has 0 atom stereocenters. The van der Waals surface area contributed by atoms with E-state index in [9.17, 15) is 0 Å². The van der Waals surface area contributed by atoms with Crippen LogP contribution in [0.3, 0.4) is 0 Å². The SMILES string of the molecule is COc1cccc(CNc2ccc(C#N)cc2)c1C. The van der Waals surface area contributed by atoms with Crippen molar-refractivity contribution in [1.29, 1.82) is 5.26 Å². The molecule has 0 heterocycles. The number of ether oxygens (including phenoxy) is 1. The van der Waals surface area contributed by atoms with Gasteiger partial charge < -0.3 is 10.1 Å². The molecule has 0 radical (unpaired) electrons. The molecule has 0 aliphatic heterocycles. The summed E-state index contributed by atoms with van der Waals surface area (Å²) in [5, 5.41) is 12.1. The van der Waals surface area contributed by atoms with Gasteiger partial charge in [0.15, 0.2) is 0 Å². The van der Waals surface area contributed by atoms with Gasteiger partial charge in [-0.15, -0.1) is 0 Å². The Bertz CT molecular complexity index is 597. The summed E-state index contributed by atoms with van der Waals surface area (Å²) >= 11 is 0. The Morgan fingerprint density at radius 1 is 1.16 bits per heavy atom. The van der Waals surface area contributed by atoms with E-state index in [1.807, 2.05) is 24.3 Å². The Labute approximate surface area is 113 Å². The maximum atomic E-state index is 8.75. The summed E-state index contributed by atoms with van der Waals surface area (Å²) in [7, 11) is 1.68. The first-order chi connectivity index (χ1) is 9.24. The van der Waals surface area contributed by atoms with E-state index in [1.54, 1.807) is 19.2 Å². The normalized spacial score (nSPS) is 9.74. The zero-order chi connectivity index (χ0) is 13.7. The predicted octanol–water partition coefficient (Wildman–Crippen LogP) is 3.49. The highest BCUT2D eigenvalue weighted by Crippen LogP contribution is 2.21. The summed E-state index contributed by atoms with van der Waals surface area (Å²) in [4.78, 5) is 0. The van der Waals surface area contributed by atoms with Crippen molar-refractivity contribution in [3.63, 3.8) is 0 Å². The lowest BCUT2D eigenvalue weighted by Gasteiger charge is -2.12. The number of benzene rings is 2. The van der Waals surface area contributed by atoms with Crippen molar-refractivity contribution in [2.45, 2.75) is 13.5 Å². The van der Waals surface area contributed by atoms with Crippen molar-refractivity contribution >= 4 is 5.69 Å². The van der Waals surface area contributed by atoms with Crippen molar-refractivity contribution in [3.8, 4) is 11.8 Å². The Morgan fingerprint density at radius 3 is 2.53 bits per heavy atom. The fraction of sp³-hybridized carbons (Fsp3) is 0.188. The Kier molecular flexibility index (Phi) is 4.04. The minimum absolute atomic E-state index is 0.670. The van der Waals surface area contributed by atoms with Crippen LogP contribution >= 0.6 is 0 Å². The smallest absolute Gasteiger partial charge is 0.122 e. The molecular weight excluding hydrogens is 236 g/mol. The third-order valence-corrected chi connectivity index (χ3v) is 3.11. The van der Waals surface area contributed by atoms with Gasteiger partial charge in [0.05, 0.1) is 18.7 Å². The summed E-state index contributed by atoms with van der Waals surface area (Å²) in [5.74, 6) is 0.902. The van der Waals surface area contributed by atoms with Crippen molar-refractivity contribution in [1.82, 2.24) is 0 Å². The molecule has 19 heavy (non-hydrogen) atoms. The highest BCUT2D eigenvalue weighted by Gasteiger charge is 2.03. The predicted molar refractivity (Wildman–Crippen MR) is 76.2 cm³/mol. The van der Waals surface area contributed by atoms with E-state index in [2.05, 4.69) is 24.4 Å². The van der Waals surface area contributed by atoms with Crippen LogP contribution in [0.2, 0.25) is 0 Å². The number of anilines is 1. The van der Waals surface area contributed by atoms with Crippen molar-refractivity contribution < 1.29 is 4.74 Å². The molecule has 3 heteroatoms. The zero-order valence-corrected chi connectivity index (χ0v) is 11.1. The Balaban J connectivity index is 2.08. The molecule has 1 N–H and O–H groups in total. The molecule has 2 rings (SSSR count). The van der Waals surface area contributed by atoms with Crippen molar-refractivity contribution in [2.24, 2.45) is 0 Å². The topological polar surface area (TPSA) is 45.0 Å². The fourth-order valence-corrected chi connectivity index (χ4v) is 1.93. The van der Waals surface area contributed by atoms with E-state index in [4.69, 9.17) is 10.00 Å². The van der Waals surface area contributed by atoms with Gasteiger partial charge in [0.2, 0.25) is 0 Å². The van der Waals surface area contributed by atoms with Crippen LogP contribution in [0.4, 0.5) is 5.69 Å². The summed E-state index contributed by atoms with van der Waals surface area (Å²) in [6.45, 7) is 2.78. The fourth-order valence-electron chi connectivity index (χ4n) is 1.93. The Hall–Kier alpha value is -2.47. The van der Waals surface area contributed by atoms with Gasteiger partial charge in [0.1, 0.15) is 5.75 Å². The number of nitrogens with zero attached hydrogens (tertiary/aromatic N) is 1. The number of nitriles is 1. The second-order valence-electron chi connectivity index (χ2n) is 4.29. The number of methoxy groups -OCH3 is 1. The lowest BCUT2D eigenvalue weighted by molar-refractivity contribution is 0.411. The molecule has 0 fully saturated rings. The van der Waals surface area contributed by atoms with Crippen LogP contribution < -0.4 is 10.1 Å². The third kappa shape index (κ3) is 3.05. The van der Waals surface area contributed by atoms with Gasteiger partial charge in [0.25, 0.3) is 0 Å². The first-order valence-corrected chi connectivity index (χ1v) is 6.11. The molecule has 0 bridgehead atoms. The van der Waals surface area contributed by atoms with E-state index >= 15 is 0 Å². The molecule has 96 valence electrons. The monoisotopic (exact) mass is 252 g/mol. The average Bonchev–Trinajstić information content (AvgIpc) is 2.47. The van der Waals surface area contributed by atoms with Crippen molar-refractivity contribution in [3.05, 3.63) is 59.2 Å². The highest BCUT2D eigenvalue weighted by atomic mass is 16.5. The quantitative estimate of drug-likeness (QED) is 0.906. The van der Waals surface area contributed by atoms with Crippen LogP contribution in [0, 0.1) is 18.3 Å². The van der Waals surface area contributed by atoms with Gasteiger partial charge in [-0.05, 0) is 48.4 Å². The van der Waals surface area contributed by atoms with E-state index in [-0.39, 0.29) is 0 Å². The van der Waals surface area contributed by atoms with Crippen LogP contribution in [-0.2, 0) is 6.54 Å². The molecule has 2 aromatic rings. The molecule has 0 aromatic heterocycles. The van der Waals surface area contributed by atoms with E-state index < -0.39 is 0 Å². The van der Waals surface area contributed by atoms with Crippen LogP contribution in [-0.4, -0.2) is 7.11 Å². The lowest BCUT2D eigenvalue weighted by Crippen LogP contribution is -2.02. The van der Waals surface area contributed by atoms with Crippen molar-refractivity contribution in [2.75, 3.05) is 12.4 Å². The minimum atomic E-state index is 0.670. The molecule has 0 aliphatic carbocycles. The van der Waals surface area contributed by atoms with Crippen LogP contribution in [0.15, 0.2) is 42.5 Å². The first kappa shape index (κ1) is 13.0. The zero-order valence-electron chi connectivity index (χ0n) is 11.1. The molecule has 0 saturated heterocycles. The molecule has 0 spiro atoms. The molecular formula is C16H16N2O. The average molecular weight is 252 g/mol. The summed E-state index contributed by atoms with van der Waals surface area (Å²) in [6, 6.07) is 15.6. The molecule has 0 unspecified atom stereocenters. The van der Waals surface area contributed by atoms with Crippen LogP contribution in [0.1, 0.15) is 16.7 Å². The van der Waals surface area contributed by atoms with E-state index in [0.717, 1.165) is 23.5 Å². The van der Waals surface area contributed by atoms with Gasteiger partial charge in [-0.25, -0.2) is 0 Å². The molecule has 0 aliphatic rings. The number of hydrogen-bond donors (Lipinski definition) is 1. The number of hydrogen-bond acceptors (Lipinski definition) is 3. The Morgan fingerprint density at radius 2 is 1.89 bits per heavy atom. The minimum Gasteiger partial charge on any atom is -0.496 e. The van der Waals surface area contributed by atoms with Gasteiger partial charge in [0, 0.05) is 12.2 Å². The van der Waals surface area contributed by atoms with Gasteiger partial charge in [-0.1, -0.05) is 12.1 Å². The van der Waals surface area contributed by atoms with Gasteiger partial charge >= 0.3 is 0 Å². The summed E-state index contributed by atoms with van der Waals surface area (Å²) in [5.41, 5.74) is 4.01. The van der Waals surface area contributed by atoms with Gasteiger partial charge in [-0.2, -0.15) is 5.26 Å². The third-order valence-electron chi connectivity index (χ3n) is 3.11. The molecule has 0 saturated carbocycles. The van der Waals surface area contributed by atoms with E-state index in [0.29, 0.717) is 5.56 Å². The highest BCUT2D eigenvalue weighted by molar-refractivity contribution is 5.48. The molecule has 2 aromatic carbocycles. The first-order valence-electron chi connectivity index (χ1n) is 6.11. The standard InChI is InChI=1S/C16H16N2O/c1-12-14(4-3-5-16(12)19-2)11-18-15-8-6-13(10-17)7-9-15/h3-9,18H,11H2,1-2H3. The second-order valence-corrected chi connectivity index (χ2v) is 4.29. The maximum absolute atomic E-state index is 8.75. The largest absolute Gasteiger partial charge is 0.496 e. The summed E-state index contributed by atoms with van der Waals surface area (Å²) in [6.07, 6.45) is 0. The molecule has 3 nitrogen and oxygen atoms in total. The second kappa shape index (κ2) is 5.92. The lowest BCUT2D eigenvalue weighted by atomic mass is 10.1. The maximum Gasteiger partial charge on any atom is 0.122 e. The van der Waals surface area contributed by atoms with Crippen LogP contribution in [0.5, 0.6) is 5.75 Å². The van der Waals surface area contributed by atoms with Crippen LogP contribution in [0.25, 0.3) is 0 Å². The molecule has 0 amide bonds. The number of nitrogens with one attached hydrogen (secondary N) is 1. The number of rotatable bonds is 4. The summed E-state index contributed by atoms with van der Waals surface area (Å²) < 4.78 is 5.30. The van der Waals surface area contributed by atoms with E-state index in [1.165, 1.54) is 5.56 Å². The van der Waals surface area contributed by atoms with Gasteiger partial charge in [-0.3, -0.25) is 0 Å².